The zero-order chi connectivity index (χ0) is 22.7. The zero-order valence-corrected chi connectivity index (χ0v) is 19.5. The summed E-state index contributed by atoms with van der Waals surface area (Å²) in [6.07, 6.45) is 3.37. The predicted octanol–water partition coefficient (Wildman–Crippen LogP) is 4.43. The highest BCUT2D eigenvalue weighted by molar-refractivity contribution is 7.99. The highest BCUT2D eigenvalue weighted by Gasteiger charge is 2.28. The molecule has 1 aromatic heterocycles. The summed E-state index contributed by atoms with van der Waals surface area (Å²) in [6.45, 7) is 4.47. The largest absolute Gasteiger partial charge is 0.495 e. The molecule has 3 aromatic rings. The van der Waals surface area contributed by atoms with E-state index in [1.807, 2.05) is 42.5 Å². The van der Waals surface area contributed by atoms with E-state index in [2.05, 4.69) is 19.2 Å². The Kier molecular flexibility index (Phi) is 6.84. The van der Waals surface area contributed by atoms with Crippen LogP contribution in [0.5, 0.6) is 5.75 Å². The second kappa shape index (κ2) is 9.77. The second-order valence-electron chi connectivity index (χ2n) is 8.45. The van der Waals surface area contributed by atoms with Gasteiger partial charge >= 0.3 is 0 Å². The molecule has 2 aromatic carbocycles. The maximum absolute atomic E-state index is 13.4. The molecule has 0 spiro atoms. The number of benzene rings is 2. The first-order chi connectivity index (χ1) is 15.5. The molecule has 3 unspecified atom stereocenters. The molecule has 1 amide bonds. The van der Waals surface area contributed by atoms with Gasteiger partial charge in [0, 0.05) is 6.04 Å². The van der Waals surface area contributed by atoms with Crippen LogP contribution in [0.3, 0.4) is 0 Å². The van der Waals surface area contributed by atoms with E-state index < -0.39 is 0 Å². The van der Waals surface area contributed by atoms with Crippen molar-refractivity contribution in [1.29, 1.82) is 0 Å². The molecule has 0 saturated heterocycles. The van der Waals surface area contributed by atoms with Crippen molar-refractivity contribution in [1.82, 2.24) is 14.9 Å². The number of fused-ring (bicyclic) bond motifs is 1. The SMILES string of the molecule is COc1ccccc1-n1c(SCC(=O)NC2CCCC(C)C2C)nc2ccccc2c1=O. The van der Waals surface area contributed by atoms with Gasteiger partial charge in [-0.3, -0.25) is 14.2 Å². The first-order valence-corrected chi connectivity index (χ1v) is 12.1. The van der Waals surface area contributed by atoms with Crippen LogP contribution in [0, 0.1) is 11.8 Å². The molecular formula is C25H29N3O3S. The van der Waals surface area contributed by atoms with Crippen LogP contribution in [0.4, 0.5) is 0 Å². The molecule has 4 rings (SSSR count). The minimum Gasteiger partial charge on any atom is -0.495 e. The molecule has 32 heavy (non-hydrogen) atoms. The number of hydrogen-bond donors (Lipinski definition) is 1. The maximum Gasteiger partial charge on any atom is 0.266 e. The normalized spacial score (nSPS) is 20.8. The average Bonchev–Trinajstić information content (AvgIpc) is 2.81. The molecule has 1 saturated carbocycles. The fraction of sp³-hybridized carbons (Fsp3) is 0.400. The van der Waals surface area contributed by atoms with E-state index in [0.29, 0.717) is 39.3 Å². The summed E-state index contributed by atoms with van der Waals surface area (Å²) >= 11 is 1.27. The molecular weight excluding hydrogens is 422 g/mol. The number of rotatable bonds is 6. The Labute approximate surface area is 192 Å². The third kappa shape index (κ3) is 4.53. The molecule has 0 bridgehead atoms. The number of aromatic nitrogens is 2. The van der Waals surface area contributed by atoms with Gasteiger partial charge in [0.25, 0.3) is 5.56 Å². The summed E-state index contributed by atoms with van der Waals surface area (Å²) in [5, 5.41) is 4.20. The van der Waals surface area contributed by atoms with Crippen molar-refractivity contribution in [2.45, 2.75) is 44.3 Å². The van der Waals surface area contributed by atoms with E-state index in [9.17, 15) is 9.59 Å². The van der Waals surface area contributed by atoms with Crippen LogP contribution < -0.4 is 15.6 Å². The summed E-state index contributed by atoms with van der Waals surface area (Å²) in [4.78, 5) is 30.9. The summed E-state index contributed by atoms with van der Waals surface area (Å²) in [5.41, 5.74) is 1.04. The lowest BCUT2D eigenvalue weighted by Crippen LogP contribution is -2.44. The summed E-state index contributed by atoms with van der Waals surface area (Å²) in [5.74, 6) is 1.80. The number of nitrogens with zero attached hydrogens (tertiary/aromatic N) is 2. The summed E-state index contributed by atoms with van der Waals surface area (Å²) in [6, 6.07) is 14.8. The minimum absolute atomic E-state index is 0.0325. The van der Waals surface area contributed by atoms with E-state index in [4.69, 9.17) is 9.72 Å². The fourth-order valence-electron chi connectivity index (χ4n) is 4.40. The number of carbonyl (C=O) groups is 1. The van der Waals surface area contributed by atoms with Crippen LogP contribution in [0.2, 0.25) is 0 Å². The number of ether oxygens (including phenoxy) is 1. The Bertz CT molecular complexity index is 1180. The quantitative estimate of drug-likeness (QED) is 0.443. The van der Waals surface area contributed by atoms with Gasteiger partial charge in [0.2, 0.25) is 5.91 Å². The van der Waals surface area contributed by atoms with Gasteiger partial charge in [-0.2, -0.15) is 0 Å². The molecule has 0 aliphatic heterocycles. The number of nitrogens with one attached hydrogen (secondary N) is 1. The topological polar surface area (TPSA) is 73.2 Å². The van der Waals surface area contributed by atoms with Crippen molar-refractivity contribution in [3.8, 4) is 11.4 Å². The standard InChI is InChI=1S/C25H29N3O3S/c1-16-9-8-12-19(17(16)2)26-23(29)15-32-25-27-20-11-5-4-10-18(20)24(30)28(25)21-13-6-7-14-22(21)31-3/h4-7,10-11,13-14,16-17,19H,8-9,12,15H2,1-3H3,(H,26,29). The first-order valence-electron chi connectivity index (χ1n) is 11.1. The first kappa shape index (κ1) is 22.4. The van der Waals surface area contributed by atoms with Gasteiger partial charge in [0.1, 0.15) is 5.75 Å². The minimum atomic E-state index is -0.183. The lowest BCUT2D eigenvalue weighted by atomic mass is 9.78. The third-order valence-corrected chi connectivity index (χ3v) is 7.40. The van der Waals surface area contributed by atoms with Crippen LogP contribution in [-0.4, -0.2) is 34.4 Å². The molecule has 1 heterocycles. The van der Waals surface area contributed by atoms with Crippen molar-refractivity contribution in [3.63, 3.8) is 0 Å². The van der Waals surface area contributed by atoms with Crippen molar-refractivity contribution in [2.75, 3.05) is 12.9 Å². The Hall–Kier alpha value is -2.80. The molecule has 1 fully saturated rings. The lowest BCUT2D eigenvalue weighted by Gasteiger charge is -2.34. The van der Waals surface area contributed by atoms with E-state index in [-0.39, 0.29) is 23.3 Å². The fourth-order valence-corrected chi connectivity index (χ4v) is 5.22. The number of thioether (sulfide) groups is 1. The van der Waals surface area contributed by atoms with Gasteiger partial charge < -0.3 is 10.1 Å². The van der Waals surface area contributed by atoms with Gasteiger partial charge in [-0.05, 0) is 42.5 Å². The van der Waals surface area contributed by atoms with E-state index in [1.165, 1.54) is 18.2 Å². The maximum atomic E-state index is 13.4. The number of hydrogen-bond acceptors (Lipinski definition) is 5. The predicted molar refractivity (Wildman–Crippen MR) is 129 cm³/mol. The molecule has 3 atom stereocenters. The number of amides is 1. The number of methoxy groups -OCH3 is 1. The van der Waals surface area contributed by atoms with Crippen LogP contribution in [-0.2, 0) is 4.79 Å². The molecule has 1 N–H and O–H groups in total. The van der Waals surface area contributed by atoms with E-state index >= 15 is 0 Å². The Morgan fingerprint density at radius 1 is 1.16 bits per heavy atom. The highest BCUT2D eigenvalue weighted by atomic mass is 32.2. The zero-order valence-electron chi connectivity index (χ0n) is 18.7. The Morgan fingerprint density at radius 3 is 2.72 bits per heavy atom. The van der Waals surface area contributed by atoms with Gasteiger partial charge in [0.15, 0.2) is 5.16 Å². The van der Waals surface area contributed by atoms with Crippen LogP contribution in [0.1, 0.15) is 33.1 Å². The highest BCUT2D eigenvalue weighted by Crippen LogP contribution is 2.30. The van der Waals surface area contributed by atoms with Gasteiger partial charge in [-0.25, -0.2) is 4.98 Å². The monoisotopic (exact) mass is 451 g/mol. The number of carbonyl (C=O) groups excluding carboxylic acids is 1. The van der Waals surface area contributed by atoms with Gasteiger partial charge in [0.05, 0.1) is 29.5 Å². The Balaban J connectivity index is 1.64. The second-order valence-corrected chi connectivity index (χ2v) is 9.40. The van der Waals surface area contributed by atoms with Gasteiger partial charge in [-0.15, -0.1) is 0 Å². The molecule has 1 aliphatic rings. The molecule has 168 valence electrons. The van der Waals surface area contributed by atoms with Crippen molar-refractivity contribution >= 4 is 28.6 Å². The van der Waals surface area contributed by atoms with E-state index in [1.54, 1.807) is 17.7 Å². The molecule has 7 heteroatoms. The van der Waals surface area contributed by atoms with Crippen molar-refractivity contribution in [2.24, 2.45) is 11.8 Å². The smallest absolute Gasteiger partial charge is 0.266 e. The summed E-state index contributed by atoms with van der Waals surface area (Å²) < 4.78 is 7.04. The van der Waals surface area contributed by atoms with Crippen molar-refractivity contribution in [3.05, 3.63) is 58.9 Å². The van der Waals surface area contributed by atoms with Crippen LogP contribution >= 0.6 is 11.8 Å². The molecule has 0 radical (unpaired) electrons. The van der Waals surface area contributed by atoms with Crippen LogP contribution in [0.15, 0.2) is 58.5 Å². The average molecular weight is 452 g/mol. The van der Waals surface area contributed by atoms with Gasteiger partial charge in [-0.1, -0.05) is 62.7 Å². The van der Waals surface area contributed by atoms with Crippen molar-refractivity contribution < 1.29 is 9.53 Å². The molecule has 6 nitrogen and oxygen atoms in total. The lowest BCUT2D eigenvalue weighted by molar-refractivity contribution is -0.120. The summed E-state index contributed by atoms with van der Waals surface area (Å²) in [7, 11) is 1.57. The van der Waals surface area contributed by atoms with Crippen LogP contribution in [0.25, 0.3) is 16.6 Å². The van der Waals surface area contributed by atoms with E-state index in [0.717, 1.165) is 12.8 Å². The Morgan fingerprint density at radius 2 is 1.91 bits per heavy atom. The number of para-hydroxylation sites is 3. The molecule has 1 aliphatic carbocycles. The third-order valence-electron chi connectivity index (χ3n) is 6.46.